The van der Waals surface area contributed by atoms with Gasteiger partial charge in [0.15, 0.2) is 0 Å². The normalized spacial score (nSPS) is 10.5. The number of phenolic OH excluding ortho intramolecular Hbond substituents is 1. The Hall–Kier alpha value is -2.33. The van der Waals surface area contributed by atoms with Gasteiger partial charge < -0.3 is 10.4 Å². The van der Waals surface area contributed by atoms with E-state index >= 15 is 0 Å². The third-order valence-corrected chi connectivity index (χ3v) is 3.76. The number of carbonyl (C=O) groups is 1. The van der Waals surface area contributed by atoms with Crippen LogP contribution in [0.1, 0.15) is 10.4 Å². The van der Waals surface area contributed by atoms with Crippen molar-refractivity contribution < 1.29 is 9.90 Å². The SMILES string of the molecule is O=C(Nc1ccc(Br)cc1)c1c(O)ccc2ccccc12. The van der Waals surface area contributed by atoms with Crippen LogP contribution in [-0.4, -0.2) is 11.0 Å². The summed E-state index contributed by atoms with van der Waals surface area (Å²) in [6.07, 6.45) is 0. The standard InChI is InChI=1S/C17H12BrNO2/c18-12-6-8-13(9-7-12)19-17(21)16-14-4-2-1-3-11(14)5-10-15(16)20/h1-10,20H,(H,19,21). The lowest BCUT2D eigenvalue weighted by molar-refractivity contribution is 0.102. The molecule has 3 aromatic carbocycles. The fourth-order valence-corrected chi connectivity index (χ4v) is 2.49. The van der Waals surface area contributed by atoms with Crippen LogP contribution in [0, 0.1) is 0 Å². The van der Waals surface area contributed by atoms with Crippen molar-refractivity contribution in [1.82, 2.24) is 0 Å². The Morgan fingerprint density at radius 1 is 0.952 bits per heavy atom. The lowest BCUT2D eigenvalue weighted by Gasteiger charge is -2.10. The molecule has 0 saturated carbocycles. The Balaban J connectivity index is 2.01. The second-order valence-corrected chi connectivity index (χ2v) is 5.56. The van der Waals surface area contributed by atoms with Crippen LogP contribution in [0.15, 0.2) is 65.1 Å². The Kier molecular flexibility index (Phi) is 3.62. The molecule has 0 radical (unpaired) electrons. The molecule has 0 atom stereocenters. The van der Waals surface area contributed by atoms with Crippen molar-refractivity contribution >= 4 is 38.3 Å². The summed E-state index contributed by atoms with van der Waals surface area (Å²) in [6.45, 7) is 0. The van der Waals surface area contributed by atoms with Gasteiger partial charge in [-0.15, -0.1) is 0 Å². The van der Waals surface area contributed by atoms with Gasteiger partial charge in [0.1, 0.15) is 5.75 Å². The molecule has 0 aromatic heterocycles. The van der Waals surface area contributed by atoms with Crippen LogP contribution in [0.4, 0.5) is 5.69 Å². The number of phenols is 1. The summed E-state index contributed by atoms with van der Waals surface area (Å²) in [5.74, 6) is -0.352. The molecule has 0 aliphatic rings. The second-order valence-electron chi connectivity index (χ2n) is 4.64. The molecule has 0 aliphatic carbocycles. The first-order chi connectivity index (χ1) is 10.1. The molecule has 21 heavy (non-hydrogen) atoms. The van der Waals surface area contributed by atoms with E-state index in [-0.39, 0.29) is 17.2 Å². The topological polar surface area (TPSA) is 49.3 Å². The van der Waals surface area contributed by atoms with Crippen molar-refractivity contribution in [2.75, 3.05) is 5.32 Å². The number of halogens is 1. The van der Waals surface area contributed by atoms with E-state index in [0.717, 1.165) is 15.2 Å². The van der Waals surface area contributed by atoms with Gasteiger partial charge in [-0.3, -0.25) is 4.79 Å². The first-order valence-corrected chi connectivity index (χ1v) is 7.22. The van der Waals surface area contributed by atoms with Crippen molar-refractivity contribution in [2.24, 2.45) is 0 Å². The van der Waals surface area contributed by atoms with Gasteiger partial charge in [0.2, 0.25) is 0 Å². The third-order valence-electron chi connectivity index (χ3n) is 3.24. The first kappa shape index (κ1) is 13.6. The number of benzene rings is 3. The maximum absolute atomic E-state index is 12.5. The van der Waals surface area contributed by atoms with Gasteiger partial charge in [-0.2, -0.15) is 0 Å². The number of aromatic hydroxyl groups is 1. The van der Waals surface area contributed by atoms with Crippen LogP contribution >= 0.6 is 15.9 Å². The molecule has 0 unspecified atom stereocenters. The minimum atomic E-state index is -0.327. The number of carbonyl (C=O) groups excluding carboxylic acids is 1. The highest BCUT2D eigenvalue weighted by molar-refractivity contribution is 9.10. The zero-order valence-corrected chi connectivity index (χ0v) is 12.6. The number of hydrogen-bond donors (Lipinski definition) is 2. The van der Waals surface area contributed by atoms with Crippen LogP contribution in [0.3, 0.4) is 0 Å². The highest BCUT2D eigenvalue weighted by atomic mass is 79.9. The average Bonchev–Trinajstić information content (AvgIpc) is 2.49. The lowest BCUT2D eigenvalue weighted by atomic mass is 10.0. The zero-order chi connectivity index (χ0) is 14.8. The monoisotopic (exact) mass is 341 g/mol. The summed E-state index contributed by atoms with van der Waals surface area (Å²) in [5, 5.41) is 14.5. The minimum absolute atomic E-state index is 0.0247. The molecule has 104 valence electrons. The zero-order valence-electron chi connectivity index (χ0n) is 11.0. The summed E-state index contributed by atoms with van der Waals surface area (Å²) in [4.78, 5) is 12.5. The number of anilines is 1. The Morgan fingerprint density at radius 3 is 2.43 bits per heavy atom. The molecule has 1 amide bonds. The number of fused-ring (bicyclic) bond motifs is 1. The Morgan fingerprint density at radius 2 is 1.67 bits per heavy atom. The summed E-state index contributed by atoms with van der Waals surface area (Å²) < 4.78 is 0.938. The molecule has 3 rings (SSSR count). The van der Waals surface area contributed by atoms with E-state index in [1.807, 2.05) is 36.4 Å². The summed E-state index contributed by atoms with van der Waals surface area (Å²) in [6, 6.07) is 18.1. The molecule has 4 heteroatoms. The van der Waals surface area contributed by atoms with Crippen molar-refractivity contribution in [2.45, 2.75) is 0 Å². The van der Waals surface area contributed by atoms with E-state index in [2.05, 4.69) is 21.2 Å². The molecular weight excluding hydrogens is 330 g/mol. The first-order valence-electron chi connectivity index (χ1n) is 6.43. The average molecular weight is 342 g/mol. The largest absolute Gasteiger partial charge is 0.507 e. The van der Waals surface area contributed by atoms with Gasteiger partial charge in [0.05, 0.1) is 5.56 Å². The molecule has 2 N–H and O–H groups in total. The van der Waals surface area contributed by atoms with Gasteiger partial charge in [-0.1, -0.05) is 46.3 Å². The predicted molar refractivity (Wildman–Crippen MR) is 87.7 cm³/mol. The van der Waals surface area contributed by atoms with Gasteiger partial charge in [-0.25, -0.2) is 0 Å². The van der Waals surface area contributed by atoms with E-state index in [9.17, 15) is 9.90 Å². The maximum atomic E-state index is 12.5. The fourth-order valence-electron chi connectivity index (χ4n) is 2.23. The Bertz CT molecular complexity index is 813. The van der Waals surface area contributed by atoms with E-state index in [4.69, 9.17) is 0 Å². The second kappa shape index (κ2) is 5.58. The molecule has 3 aromatic rings. The summed E-state index contributed by atoms with van der Waals surface area (Å²) in [5.41, 5.74) is 0.964. The van der Waals surface area contributed by atoms with Crippen molar-refractivity contribution in [3.05, 3.63) is 70.7 Å². The highest BCUT2D eigenvalue weighted by Crippen LogP contribution is 2.28. The molecular formula is C17H12BrNO2. The lowest BCUT2D eigenvalue weighted by Crippen LogP contribution is -2.12. The molecule has 0 aliphatic heterocycles. The maximum Gasteiger partial charge on any atom is 0.260 e. The van der Waals surface area contributed by atoms with Crippen molar-refractivity contribution in [3.63, 3.8) is 0 Å². The van der Waals surface area contributed by atoms with Crippen molar-refractivity contribution in [3.8, 4) is 5.75 Å². The van der Waals surface area contributed by atoms with Crippen LogP contribution in [-0.2, 0) is 0 Å². The van der Waals surface area contributed by atoms with Crippen LogP contribution < -0.4 is 5.32 Å². The fraction of sp³-hybridized carbons (Fsp3) is 0. The number of hydrogen-bond acceptors (Lipinski definition) is 2. The van der Waals surface area contributed by atoms with Gasteiger partial charge in [0, 0.05) is 10.2 Å². The number of rotatable bonds is 2. The van der Waals surface area contributed by atoms with E-state index in [0.29, 0.717) is 5.69 Å². The quantitative estimate of drug-likeness (QED) is 0.717. The van der Waals surface area contributed by atoms with Gasteiger partial charge in [-0.05, 0) is 41.1 Å². The van der Waals surface area contributed by atoms with E-state index < -0.39 is 0 Å². The summed E-state index contributed by atoms with van der Waals surface area (Å²) in [7, 11) is 0. The van der Waals surface area contributed by atoms with E-state index in [1.165, 1.54) is 0 Å². The molecule has 0 fully saturated rings. The molecule has 3 nitrogen and oxygen atoms in total. The molecule has 0 heterocycles. The molecule has 0 spiro atoms. The van der Waals surface area contributed by atoms with Crippen LogP contribution in [0.2, 0.25) is 0 Å². The Labute approximate surface area is 130 Å². The molecule has 0 saturated heterocycles. The van der Waals surface area contributed by atoms with Crippen molar-refractivity contribution in [1.29, 1.82) is 0 Å². The molecule has 0 bridgehead atoms. The smallest absolute Gasteiger partial charge is 0.260 e. The summed E-state index contributed by atoms with van der Waals surface area (Å²) >= 11 is 3.35. The van der Waals surface area contributed by atoms with E-state index in [1.54, 1.807) is 24.3 Å². The number of nitrogens with one attached hydrogen (secondary N) is 1. The minimum Gasteiger partial charge on any atom is -0.507 e. The third kappa shape index (κ3) is 2.76. The van der Waals surface area contributed by atoms with Crippen LogP contribution in [0.25, 0.3) is 10.8 Å². The highest BCUT2D eigenvalue weighted by Gasteiger charge is 2.15. The predicted octanol–water partition coefficient (Wildman–Crippen LogP) is 4.56. The van der Waals surface area contributed by atoms with Crippen LogP contribution in [0.5, 0.6) is 5.75 Å². The van der Waals surface area contributed by atoms with Gasteiger partial charge >= 0.3 is 0 Å². The number of amides is 1. The van der Waals surface area contributed by atoms with Gasteiger partial charge in [0.25, 0.3) is 5.91 Å².